The lowest BCUT2D eigenvalue weighted by molar-refractivity contribution is 0.100. The number of hydrogen-bond acceptors (Lipinski definition) is 3. The van der Waals surface area contributed by atoms with Gasteiger partial charge in [-0.05, 0) is 38.5 Å². The van der Waals surface area contributed by atoms with Gasteiger partial charge in [0, 0.05) is 16.9 Å². The molecule has 0 bridgehead atoms. The second-order valence-corrected chi connectivity index (χ2v) is 4.93. The molecule has 4 nitrogen and oxygen atoms in total. The van der Waals surface area contributed by atoms with Crippen molar-refractivity contribution in [2.24, 2.45) is 5.73 Å². The van der Waals surface area contributed by atoms with E-state index in [4.69, 9.17) is 11.5 Å². The number of carbonyl (C=O) groups is 1. The Morgan fingerprint density at radius 1 is 1.41 bits per heavy atom. The summed E-state index contributed by atoms with van der Waals surface area (Å²) < 4.78 is 0. The van der Waals surface area contributed by atoms with Crippen LogP contribution in [-0.4, -0.2) is 11.4 Å². The highest BCUT2D eigenvalue weighted by Gasteiger charge is 2.19. The molecule has 5 N–H and O–H groups in total. The highest BCUT2D eigenvalue weighted by molar-refractivity contribution is 5.99. The molecule has 0 saturated heterocycles. The summed E-state index contributed by atoms with van der Waals surface area (Å²) in [6.45, 7) is 6.30. The quantitative estimate of drug-likeness (QED) is 0.685. The molecule has 0 heterocycles. The van der Waals surface area contributed by atoms with Gasteiger partial charge in [-0.3, -0.25) is 4.79 Å². The Kier molecular flexibility index (Phi) is 3.99. The molecule has 94 valence electrons. The molecule has 1 aromatic carbocycles. The third kappa shape index (κ3) is 3.66. The summed E-state index contributed by atoms with van der Waals surface area (Å²) in [7, 11) is 0. The van der Waals surface area contributed by atoms with E-state index in [-0.39, 0.29) is 5.54 Å². The van der Waals surface area contributed by atoms with E-state index in [1.54, 1.807) is 18.2 Å². The number of benzene rings is 1. The smallest absolute Gasteiger partial charge is 0.250 e. The highest BCUT2D eigenvalue weighted by Crippen LogP contribution is 2.24. The average Bonchev–Trinajstić information content (AvgIpc) is 2.15. The molecular formula is C13H21N3O. The zero-order valence-corrected chi connectivity index (χ0v) is 10.7. The predicted molar refractivity (Wildman–Crippen MR) is 72.0 cm³/mol. The van der Waals surface area contributed by atoms with Gasteiger partial charge in [-0.15, -0.1) is 0 Å². The van der Waals surface area contributed by atoms with Gasteiger partial charge in [0.05, 0.1) is 5.56 Å². The van der Waals surface area contributed by atoms with Crippen molar-refractivity contribution in [1.29, 1.82) is 0 Å². The Bertz CT molecular complexity index is 413. The summed E-state index contributed by atoms with van der Waals surface area (Å²) in [5.74, 6) is -0.445. The standard InChI is InChI=1S/C13H21N3O/c1-4-7-13(2,3)16-11-8-9(14)5-6-10(11)12(15)17/h5-6,8,16H,4,7,14H2,1-3H3,(H2,15,17). The van der Waals surface area contributed by atoms with Crippen LogP contribution in [0.4, 0.5) is 11.4 Å². The van der Waals surface area contributed by atoms with Gasteiger partial charge in [0.2, 0.25) is 0 Å². The SMILES string of the molecule is CCCC(C)(C)Nc1cc(N)ccc1C(N)=O. The maximum Gasteiger partial charge on any atom is 0.250 e. The third-order valence-electron chi connectivity index (χ3n) is 2.66. The van der Waals surface area contributed by atoms with Gasteiger partial charge in [-0.1, -0.05) is 13.3 Å². The Balaban J connectivity index is 3.04. The zero-order valence-electron chi connectivity index (χ0n) is 10.7. The van der Waals surface area contributed by atoms with Crippen molar-refractivity contribution < 1.29 is 4.79 Å². The van der Waals surface area contributed by atoms with Crippen LogP contribution in [0.3, 0.4) is 0 Å². The fourth-order valence-electron chi connectivity index (χ4n) is 1.93. The fourth-order valence-corrected chi connectivity index (χ4v) is 1.93. The average molecular weight is 235 g/mol. The topological polar surface area (TPSA) is 81.1 Å². The molecule has 0 atom stereocenters. The Hall–Kier alpha value is -1.71. The number of carbonyl (C=O) groups excluding carboxylic acids is 1. The van der Waals surface area contributed by atoms with Crippen molar-refractivity contribution in [3.05, 3.63) is 23.8 Å². The maximum absolute atomic E-state index is 11.3. The molecule has 1 amide bonds. The number of rotatable bonds is 5. The Labute approximate surface area is 102 Å². The van der Waals surface area contributed by atoms with Crippen molar-refractivity contribution in [2.45, 2.75) is 39.2 Å². The normalized spacial score (nSPS) is 11.2. The zero-order chi connectivity index (χ0) is 13.1. The minimum Gasteiger partial charge on any atom is -0.399 e. The molecule has 4 heteroatoms. The van der Waals surface area contributed by atoms with Crippen LogP contribution < -0.4 is 16.8 Å². The summed E-state index contributed by atoms with van der Waals surface area (Å²) in [5.41, 5.74) is 12.8. The van der Waals surface area contributed by atoms with Crippen LogP contribution in [0.1, 0.15) is 44.0 Å². The summed E-state index contributed by atoms with van der Waals surface area (Å²) in [6.07, 6.45) is 2.06. The number of primary amides is 1. The minimum absolute atomic E-state index is 0.0905. The van der Waals surface area contributed by atoms with Crippen molar-refractivity contribution in [3.63, 3.8) is 0 Å². The van der Waals surface area contributed by atoms with Crippen molar-refractivity contribution in [3.8, 4) is 0 Å². The fraction of sp³-hybridized carbons (Fsp3) is 0.462. The molecule has 0 radical (unpaired) electrons. The summed E-state index contributed by atoms with van der Waals surface area (Å²) in [5, 5.41) is 3.33. The van der Waals surface area contributed by atoms with E-state index in [2.05, 4.69) is 26.1 Å². The number of anilines is 2. The summed E-state index contributed by atoms with van der Waals surface area (Å²) in [4.78, 5) is 11.3. The van der Waals surface area contributed by atoms with Crippen LogP contribution in [0.2, 0.25) is 0 Å². The van der Waals surface area contributed by atoms with Gasteiger partial charge in [0.1, 0.15) is 0 Å². The molecule has 0 saturated carbocycles. The van der Waals surface area contributed by atoms with E-state index in [1.807, 2.05) is 0 Å². The van der Waals surface area contributed by atoms with Gasteiger partial charge < -0.3 is 16.8 Å². The molecule has 0 aromatic heterocycles. The maximum atomic E-state index is 11.3. The van der Waals surface area contributed by atoms with Gasteiger partial charge >= 0.3 is 0 Å². The minimum atomic E-state index is -0.445. The molecule has 17 heavy (non-hydrogen) atoms. The van der Waals surface area contributed by atoms with E-state index in [0.29, 0.717) is 16.9 Å². The van der Waals surface area contributed by atoms with E-state index in [0.717, 1.165) is 12.8 Å². The lowest BCUT2D eigenvalue weighted by Crippen LogP contribution is -2.31. The van der Waals surface area contributed by atoms with Crippen LogP contribution in [0, 0.1) is 0 Å². The predicted octanol–water partition coefficient (Wildman–Crippen LogP) is 2.36. The lowest BCUT2D eigenvalue weighted by atomic mass is 9.97. The molecule has 0 aliphatic heterocycles. The molecule has 0 aliphatic rings. The number of hydrogen-bond donors (Lipinski definition) is 3. The van der Waals surface area contributed by atoms with Gasteiger partial charge in [-0.2, -0.15) is 0 Å². The molecule has 0 fully saturated rings. The van der Waals surface area contributed by atoms with E-state index >= 15 is 0 Å². The second-order valence-electron chi connectivity index (χ2n) is 4.93. The van der Waals surface area contributed by atoms with Crippen LogP contribution in [-0.2, 0) is 0 Å². The summed E-state index contributed by atoms with van der Waals surface area (Å²) >= 11 is 0. The first-order valence-electron chi connectivity index (χ1n) is 5.83. The molecule has 1 aromatic rings. The van der Waals surface area contributed by atoms with E-state index in [9.17, 15) is 4.79 Å². The Morgan fingerprint density at radius 3 is 2.59 bits per heavy atom. The lowest BCUT2D eigenvalue weighted by Gasteiger charge is -2.28. The van der Waals surface area contributed by atoms with Crippen LogP contribution >= 0.6 is 0 Å². The first-order valence-corrected chi connectivity index (χ1v) is 5.83. The first-order chi connectivity index (χ1) is 7.85. The van der Waals surface area contributed by atoms with Crippen LogP contribution in [0.25, 0.3) is 0 Å². The van der Waals surface area contributed by atoms with E-state index in [1.165, 1.54) is 0 Å². The Morgan fingerprint density at radius 2 is 2.06 bits per heavy atom. The highest BCUT2D eigenvalue weighted by atomic mass is 16.1. The number of nitrogens with one attached hydrogen (secondary N) is 1. The largest absolute Gasteiger partial charge is 0.399 e. The van der Waals surface area contributed by atoms with E-state index < -0.39 is 5.91 Å². The molecule has 0 spiro atoms. The van der Waals surface area contributed by atoms with Crippen LogP contribution in [0.5, 0.6) is 0 Å². The van der Waals surface area contributed by atoms with Crippen molar-refractivity contribution in [2.75, 3.05) is 11.1 Å². The first kappa shape index (κ1) is 13.4. The monoisotopic (exact) mass is 235 g/mol. The van der Waals surface area contributed by atoms with Gasteiger partial charge in [0.15, 0.2) is 0 Å². The van der Waals surface area contributed by atoms with Crippen molar-refractivity contribution in [1.82, 2.24) is 0 Å². The van der Waals surface area contributed by atoms with Gasteiger partial charge in [0.25, 0.3) is 5.91 Å². The van der Waals surface area contributed by atoms with Crippen LogP contribution in [0.15, 0.2) is 18.2 Å². The molecule has 0 aliphatic carbocycles. The second kappa shape index (κ2) is 5.08. The number of nitrogens with two attached hydrogens (primary N) is 2. The number of nitrogen functional groups attached to an aromatic ring is 1. The molecule has 1 rings (SSSR count). The summed E-state index contributed by atoms with van der Waals surface area (Å²) in [6, 6.07) is 5.08. The molecular weight excluding hydrogens is 214 g/mol. The van der Waals surface area contributed by atoms with Gasteiger partial charge in [-0.25, -0.2) is 0 Å². The molecule has 0 unspecified atom stereocenters. The number of amides is 1. The van der Waals surface area contributed by atoms with Crippen molar-refractivity contribution >= 4 is 17.3 Å². The third-order valence-corrected chi connectivity index (χ3v) is 2.66.